The number of nitrogens with zero attached hydrogens (tertiary/aromatic N) is 6. The summed E-state index contributed by atoms with van der Waals surface area (Å²) < 4.78 is 7.15. The number of methoxy groups -OCH3 is 1. The molecule has 1 aromatic carbocycles. The van der Waals surface area contributed by atoms with Gasteiger partial charge in [-0.05, 0) is 40.6 Å². The minimum atomic E-state index is 0.265. The third kappa shape index (κ3) is 5.41. The highest BCUT2D eigenvalue weighted by Gasteiger charge is 2.22. The van der Waals surface area contributed by atoms with E-state index in [-0.39, 0.29) is 5.92 Å². The maximum Gasteiger partial charge on any atom is 0.170 e. The first-order chi connectivity index (χ1) is 15.6. The molecule has 7 heteroatoms. The molecule has 2 heterocycles. The molecule has 168 valence electrons. The average Bonchev–Trinajstić information content (AvgIpc) is 3.18. The Morgan fingerprint density at radius 2 is 1.81 bits per heavy atom. The van der Waals surface area contributed by atoms with Gasteiger partial charge >= 0.3 is 0 Å². The normalized spacial score (nSPS) is 20.3. The fourth-order valence-corrected chi connectivity index (χ4v) is 4.20. The van der Waals surface area contributed by atoms with Crippen molar-refractivity contribution in [3.8, 4) is 5.75 Å². The van der Waals surface area contributed by atoms with Crippen molar-refractivity contribution in [3.05, 3.63) is 71.6 Å². The van der Waals surface area contributed by atoms with Crippen molar-refractivity contribution in [3.63, 3.8) is 0 Å². The molecular formula is C25H32N6O. The monoisotopic (exact) mass is 432 g/mol. The molecule has 0 N–H and O–H groups in total. The highest BCUT2D eigenvalue weighted by Crippen LogP contribution is 2.25. The van der Waals surface area contributed by atoms with Crippen LogP contribution in [0.1, 0.15) is 25.2 Å². The second-order valence-corrected chi connectivity index (χ2v) is 8.36. The molecule has 32 heavy (non-hydrogen) atoms. The molecule has 1 aliphatic heterocycles. The van der Waals surface area contributed by atoms with E-state index in [0.717, 1.165) is 56.5 Å². The Balaban J connectivity index is 1.30. The van der Waals surface area contributed by atoms with Gasteiger partial charge in [0.2, 0.25) is 0 Å². The van der Waals surface area contributed by atoms with E-state index in [1.807, 2.05) is 16.8 Å². The summed E-state index contributed by atoms with van der Waals surface area (Å²) >= 11 is 0. The fraction of sp³-hybridized carbons (Fsp3) is 0.400. The molecule has 0 spiro atoms. The Hall–Kier alpha value is -3.03. The Morgan fingerprint density at radius 1 is 1.06 bits per heavy atom. The largest absolute Gasteiger partial charge is 0.497 e. The maximum atomic E-state index is 5.21. The van der Waals surface area contributed by atoms with E-state index < -0.39 is 0 Å². The Bertz CT molecular complexity index is 1010. The molecule has 0 bridgehead atoms. The van der Waals surface area contributed by atoms with Crippen molar-refractivity contribution in [1.82, 2.24) is 30.0 Å². The Kier molecular flexibility index (Phi) is 7.29. The summed E-state index contributed by atoms with van der Waals surface area (Å²) in [5, 5.41) is 12.6. The SMILES string of the molecule is COc1ccc(/C=C/CN2CCN(Cc3nnnn3C3=C(C)C=CC=CC3C)CC2)cc1. The summed E-state index contributed by atoms with van der Waals surface area (Å²) in [5.41, 5.74) is 3.54. The summed E-state index contributed by atoms with van der Waals surface area (Å²) in [7, 11) is 1.69. The van der Waals surface area contributed by atoms with Gasteiger partial charge in [-0.25, -0.2) is 0 Å². The summed E-state index contributed by atoms with van der Waals surface area (Å²) in [6.45, 7) is 10.1. The molecule has 4 rings (SSSR count). The number of allylic oxidation sites excluding steroid dienone is 6. The molecule has 0 radical (unpaired) electrons. The summed E-state index contributed by atoms with van der Waals surface area (Å²) in [6, 6.07) is 8.14. The highest BCUT2D eigenvalue weighted by molar-refractivity contribution is 5.59. The standard InChI is InChI=1S/C25H32N6O/c1-20-7-4-5-8-21(2)25(20)31-24(26-27-28-31)19-30-17-15-29(16-18-30)14-6-9-22-10-12-23(32-3)13-11-22/h4-13,20H,14-19H2,1-3H3/b9-6+. The molecule has 1 unspecified atom stereocenters. The Labute approximate surface area is 190 Å². The van der Waals surface area contributed by atoms with Crippen LogP contribution in [0.5, 0.6) is 5.75 Å². The van der Waals surface area contributed by atoms with Crippen molar-refractivity contribution < 1.29 is 4.74 Å². The van der Waals surface area contributed by atoms with E-state index in [0.29, 0.717) is 0 Å². The molecule has 1 atom stereocenters. The van der Waals surface area contributed by atoms with Crippen LogP contribution in [0.2, 0.25) is 0 Å². The number of aromatic nitrogens is 4. The fourth-order valence-electron chi connectivity index (χ4n) is 4.20. The van der Waals surface area contributed by atoms with Crippen LogP contribution >= 0.6 is 0 Å². The lowest BCUT2D eigenvalue weighted by Crippen LogP contribution is -2.46. The molecule has 1 saturated heterocycles. The van der Waals surface area contributed by atoms with Crippen LogP contribution in [-0.4, -0.2) is 69.8 Å². The van der Waals surface area contributed by atoms with E-state index >= 15 is 0 Å². The quantitative estimate of drug-likeness (QED) is 0.667. The highest BCUT2D eigenvalue weighted by atomic mass is 16.5. The van der Waals surface area contributed by atoms with E-state index in [1.54, 1.807) is 7.11 Å². The van der Waals surface area contributed by atoms with Gasteiger partial charge in [0.05, 0.1) is 19.4 Å². The van der Waals surface area contributed by atoms with E-state index in [1.165, 1.54) is 11.1 Å². The Morgan fingerprint density at radius 3 is 2.56 bits per heavy atom. The van der Waals surface area contributed by atoms with Gasteiger partial charge in [0.15, 0.2) is 5.82 Å². The second kappa shape index (κ2) is 10.5. The molecule has 7 nitrogen and oxygen atoms in total. The third-order valence-electron chi connectivity index (χ3n) is 6.07. The molecule has 1 fully saturated rings. The number of rotatable bonds is 7. The molecule has 2 aliphatic rings. The van der Waals surface area contributed by atoms with Crippen LogP contribution in [0.25, 0.3) is 11.8 Å². The number of benzene rings is 1. The summed E-state index contributed by atoms with van der Waals surface area (Å²) in [4.78, 5) is 4.92. The van der Waals surface area contributed by atoms with Crippen LogP contribution in [-0.2, 0) is 6.54 Å². The molecular weight excluding hydrogens is 400 g/mol. The van der Waals surface area contributed by atoms with Crippen LogP contribution in [0.4, 0.5) is 0 Å². The number of hydrogen-bond acceptors (Lipinski definition) is 6. The van der Waals surface area contributed by atoms with Crippen molar-refractivity contribution >= 4 is 11.8 Å². The summed E-state index contributed by atoms with van der Waals surface area (Å²) in [5.74, 6) is 2.06. The van der Waals surface area contributed by atoms with Crippen molar-refractivity contribution in [2.45, 2.75) is 20.4 Å². The van der Waals surface area contributed by atoms with Gasteiger partial charge in [0.25, 0.3) is 0 Å². The van der Waals surface area contributed by atoms with Crippen molar-refractivity contribution in [1.29, 1.82) is 0 Å². The number of tetrazole rings is 1. The maximum absolute atomic E-state index is 5.21. The van der Waals surface area contributed by atoms with E-state index in [2.05, 4.69) is 87.8 Å². The van der Waals surface area contributed by atoms with Gasteiger partial charge in [-0.3, -0.25) is 9.80 Å². The molecule has 2 aromatic rings. The molecule has 0 amide bonds. The lowest BCUT2D eigenvalue weighted by Gasteiger charge is -2.33. The van der Waals surface area contributed by atoms with Crippen LogP contribution in [0.3, 0.4) is 0 Å². The first-order valence-corrected chi connectivity index (χ1v) is 11.2. The minimum Gasteiger partial charge on any atom is -0.497 e. The topological polar surface area (TPSA) is 59.3 Å². The third-order valence-corrected chi connectivity index (χ3v) is 6.07. The van der Waals surface area contributed by atoms with Gasteiger partial charge in [-0.2, -0.15) is 4.68 Å². The molecule has 1 aromatic heterocycles. The number of piperazine rings is 1. The lowest BCUT2D eigenvalue weighted by molar-refractivity contribution is 0.134. The van der Waals surface area contributed by atoms with Gasteiger partial charge in [0, 0.05) is 38.6 Å². The van der Waals surface area contributed by atoms with Gasteiger partial charge in [-0.15, -0.1) is 5.10 Å². The number of hydrogen-bond donors (Lipinski definition) is 0. The first kappa shape index (κ1) is 22.2. The van der Waals surface area contributed by atoms with E-state index in [4.69, 9.17) is 4.74 Å². The number of ether oxygens (including phenoxy) is 1. The van der Waals surface area contributed by atoms with Crippen LogP contribution in [0.15, 0.2) is 60.2 Å². The van der Waals surface area contributed by atoms with Crippen molar-refractivity contribution in [2.24, 2.45) is 5.92 Å². The molecule has 1 aliphatic carbocycles. The predicted octanol–water partition coefficient (Wildman–Crippen LogP) is 3.51. The zero-order valence-electron chi connectivity index (χ0n) is 19.2. The van der Waals surface area contributed by atoms with Crippen molar-refractivity contribution in [2.75, 3.05) is 39.8 Å². The van der Waals surface area contributed by atoms with Gasteiger partial charge in [0.1, 0.15) is 5.75 Å². The lowest BCUT2D eigenvalue weighted by atomic mass is 10.0. The zero-order valence-corrected chi connectivity index (χ0v) is 19.2. The first-order valence-electron chi connectivity index (χ1n) is 11.2. The van der Waals surface area contributed by atoms with Crippen LogP contribution in [0, 0.1) is 5.92 Å². The van der Waals surface area contributed by atoms with E-state index in [9.17, 15) is 0 Å². The van der Waals surface area contributed by atoms with Gasteiger partial charge in [-0.1, -0.05) is 55.5 Å². The predicted molar refractivity (Wildman–Crippen MR) is 128 cm³/mol. The van der Waals surface area contributed by atoms with Gasteiger partial charge < -0.3 is 4.74 Å². The second-order valence-electron chi connectivity index (χ2n) is 8.36. The molecule has 0 saturated carbocycles. The summed E-state index contributed by atoms with van der Waals surface area (Å²) in [6.07, 6.45) is 12.9. The average molecular weight is 433 g/mol. The van der Waals surface area contributed by atoms with Crippen LogP contribution < -0.4 is 4.74 Å². The zero-order chi connectivity index (χ0) is 22.3. The smallest absolute Gasteiger partial charge is 0.170 e. The minimum absolute atomic E-state index is 0.265.